The summed E-state index contributed by atoms with van der Waals surface area (Å²) in [6.45, 7) is 16.5. The number of rotatable bonds is 16. The first-order valence-corrected chi connectivity index (χ1v) is 17.4. The summed E-state index contributed by atoms with van der Waals surface area (Å²) in [6.07, 6.45) is -3.58. The molecule has 0 saturated carbocycles. The molecule has 4 aromatic rings. The summed E-state index contributed by atoms with van der Waals surface area (Å²) in [4.78, 5) is 32.8. The second kappa shape index (κ2) is 19.7. The second-order valence-electron chi connectivity index (χ2n) is 12.5. The van der Waals surface area contributed by atoms with Gasteiger partial charge in [-0.15, -0.1) is 13.2 Å². The number of alkyl halides is 3. The zero-order valence-corrected chi connectivity index (χ0v) is 30.4. The van der Waals surface area contributed by atoms with Crippen LogP contribution in [0.25, 0.3) is 11.1 Å². The third-order valence-corrected chi connectivity index (χ3v) is 9.01. The highest BCUT2D eigenvalue weighted by Gasteiger charge is 2.30. The van der Waals surface area contributed by atoms with E-state index in [0.29, 0.717) is 54.9 Å². The molecule has 0 heterocycles. The molecule has 1 unspecified atom stereocenters. The van der Waals surface area contributed by atoms with Crippen molar-refractivity contribution in [3.05, 3.63) is 138 Å². The first-order chi connectivity index (χ1) is 24.8. The van der Waals surface area contributed by atoms with E-state index in [1.54, 1.807) is 17.0 Å². The molecule has 4 aromatic carbocycles. The van der Waals surface area contributed by atoms with Gasteiger partial charge in [0.05, 0.1) is 12.1 Å². The minimum absolute atomic E-state index is 0.0368. The number of hydrogen-bond donors (Lipinski definition) is 0. The average molecular weight is 722 g/mol. The molecular formula is C42H48F5N3O2. The van der Waals surface area contributed by atoms with Crippen molar-refractivity contribution in [2.45, 2.75) is 59.3 Å². The summed E-state index contributed by atoms with van der Waals surface area (Å²) in [5.74, 6) is -1.62. The van der Waals surface area contributed by atoms with Gasteiger partial charge in [-0.2, -0.15) is 13.2 Å². The molecule has 10 heteroatoms. The van der Waals surface area contributed by atoms with Crippen LogP contribution in [0.2, 0.25) is 0 Å². The molecule has 52 heavy (non-hydrogen) atoms. The first kappa shape index (κ1) is 41.6. The van der Waals surface area contributed by atoms with E-state index in [4.69, 9.17) is 0 Å². The third-order valence-electron chi connectivity index (χ3n) is 9.01. The zero-order valence-electron chi connectivity index (χ0n) is 30.4. The molecule has 5 nitrogen and oxygen atoms in total. The maximum Gasteiger partial charge on any atom is 0.416 e. The van der Waals surface area contributed by atoms with Crippen LogP contribution in [0.3, 0.4) is 0 Å². The van der Waals surface area contributed by atoms with E-state index in [2.05, 4.69) is 31.9 Å². The van der Waals surface area contributed by atoms with Crippen LogP contribution in [0, 0.1) is 11.6 Å². The quantitative estimate of drug-likeness (QED) is 0.0657. The van der Waals surface area contributed by atoms with Gasteiger partial charge in [-0.3, -0.25) is 9.59 Å². The molecule has 278 valence electrons. The predicted octanol–water partition coefficient (Wildman–Crippen LogP) is 9.85. The van der Waals surface area contributed by atoms with Crippen molar-refractivity contribution in [1.82, 2.24) is 9.80 Å². The number of carbonyl (C=O) groups excluding carboxylic acids is 2. The number of Topliss-reactive ketones (excluding diaryl/α,β-unsaturated/α-hetero) is 1. The normalized spacial score (nSPS) is 11.8. The van der Waals surface area contributed by atoms with Crippen molar-refractivity contribution in [3.8, 4) is 11.1 Å². The Kier molecular flexibility index (Phi) is 15.7. The van der Waals surface area contributed by atoms with Crippen molar-refractivity contribution in [2.24, 2.45) is 0 Å². The van der Waals surface area contributed by atoms with Crippen LogP contribution in [0.4, 0.5) is 27.6 Å². The van der Waals surface area contributed by atoms with E-state index in [0.717, 1.165) is 42.4 Å². The van der Waals surface area contributed by atoms with Gasteiger partial charge in [-0.1, -0.05) is 62.4 Å². The number of halogens is 5. The number of para-hydroxylation sites is 1. The maximum atomic E-state index is 14.3. The number of likely N-dealkylation sites (N-methyl/N-ethyl adjacent to an activating group) is 1. The van der Waals surface area contributed by atoms with Crippen LogP contribution < -0.4 is 4.90 Å². The highest BCUT2D eigenvalue weighted by molar-refractivity contribution is 6.00. The van der Waals surface area contributed by atoms with Gasteiger partial charge in [0.25, 0.3) is 0 Å². The lowest BCUT2D eigenvalue weighted by Gasteiger charge is -2.35. The first-order valence-electron chi connectivity index (χ1n) is 17.4. The van der Waals surface area contributed by atoms with Crippen LogP contribution in [-0.2, 0) is 23.9 Å². The summed E-state index contributed by atoms with van der Waals surface area (Å²) >= 11 is 0. The highest BCUT2D eigenvalue weighted by Crippen LogP contribution is 2.31. The number of hydrogen-bond acceptors (Lipinski definition) is 4. The number of benzene rings is 4. The van der Waals surface area contributed by atoms with Crippen LogP contribution in [0.1, 0.15) is 61.2 Å². The fraction of sp³-hybridized carbons (Fsp3) is 0.333. The third kappa shape index (κ3) is 11.9. The van der Waals surface area contributed by atoms with Gasteiger partial charge in [-0.25, -0.2) is 8.78 Å². The Balaban J connectivity index is 0.00000358. The van der Waals surface area contributed by atoms with Gasteiger partial charge in [0.1, 0.15) is 11.6 Å². The molecule has 0 aliphatic carbocycles. The average Bonchev–Trinajstić information content (AvgIpc) is 3.13. The maximum absolute atomic E-state index is 14.3. The fourth-order valence-electron chi connectivity index (χ4n) is 6.00. The summed E-state index contributed by atoms with van der Waals surface area (Å²) in [5, 5.41) is 0. The van der Waals surface area contributed by atoms with Gasteiger partial charge in [0.15, 0.2) is 5.78 Å². The molecular weight excluding hydrogens is 673 g/mol. The molecule has 1 atom stereocenters. The van der Waals surface area contributed by atoms with Crippen molar-refractivity contribution in [2.75, 3.05) is 37.6 Å². The summed E-state index contributed by atoms with van der Waals surface area (Å²) in [6, 6.07) is 22.7. The molecule has 0 saturated heterocycles. The van der Waals surface area contributed by atoms with Crippen LogP contribution in [-0.4, -0.2) is 60.3 Å². The second-order valence-corrected chi connectivity index (χ2v) is 12.5. The topological polar surface area (TPSA) is 43.9 Å². The number of nitrogens with zero attached hydrogens (tertiary/aromatic N) is 3. The Morgan fingerprint density at radius 1 is 0.769 bits per heavy atom. The Labute approximate surface area is 304 Å². The van der Waals surface area contributed by atoms with Gasteiger partial charge < -0.3 is 14.7 Å². The lowest BCUT2D eigenvalue weighted by Crippen LogP contribution is -2.46. The van der Waals surface area contributed by atoms with Crippen LogP contribution in [0.5, 0.6) is 0 Å². The Hall–Kier alpha value is -4.83. The summed E-state index contributed by atoms with van der Waals surface area (Å²) < 4.78 is 67.0. The lowest BCUT2D eigenvalue weighted by atomic mass is 10.0. The van der Waals surface area contributed by atoms with Gasteiger partial charge in [0.2, 0.25) is 5.91 Å². The zero-order chi connectivity index (χ0) is 38.4. The smallest absolute Gasteiger partial charge is 0.359 e. The molecule has 0 N–H and O–H groups in total. The number of amides is 1. The van der Waals surface area contributed by atoms with Crippen LogP contribution in [0.15, 0.2) is 104 Å². The Bertz CT molecular complexity index is 1720. The van der Waals surface area contributed by atoms with E-state index >= 15 is 0 Å². The summed E-state index contributed by atoms with van der Waals surface area (Å²) in [5.41, 5.74) is 3.12. The van der Waals surface area contributed by atoms with E-state index in [1.165, 1.54) is 31.2 Å². The van der Waals surface area contributed by atoms with Gasteiger partial charge in [-0.05, 0) is 98.4 Å². The standard InChI is InChI=1S/C40H44F5N3O2.C2H4/c1-5-46(6-2)21-22-47(26-30-13-15-32(16-14-30)33-17-19-34(20-18-33)40(43,44)45)39(50)27-48(38-10-8-7-9-37(38)29(4)49)28(3)11-12-31-23-35(41)25-36(42)24-31;1-2/h7-10,13-20,23-25,28H,5-6,11-12,21-22,26-27H2,1-4H3;1-2H2. The Morgan fingerprint density at radius 3 is 1.87 bits per heavy atom. The minimum Gasteiger partial charge on any atom is -0.359 e. The Morgan fingerprint density at radius 2 is 1.33 bits per heavy atom. The molecule has 0 spiro atoms. The van der Waals surface area contributed by atoms with Crippen molar-refractivity contribution >= 4 is 17.4 Å². The molecule has 0 aliphatic rings. The van der Waals surface area contributed by atoms with E-state index in [9.17, 15) is 31.5 Å². The fourth-order valence-corrected chi connectivity index (χ4v) is 6.00. The van der Waals surface area contributed by atoms with E-state index < -0.39 is 23.4 Å². The van der Waals surface area contributed by atoms with E-state index in [1.807, 2.05) is 48.2 Å². The van der Waals surface area contributed by atoms with Gasteiger partial charge in [0, 0.05) is 43.0 Å². The monoisotopic (exact) mass is 721 g/mol. The molecule has 0 bridgehead atoms. The van der Waals surface area contributed by atoms with Crippen LogP contribution >= 0.6 is 0 Å². The predicted molar refractivity (Wildman–Crippen MR) is 199 cm³/mol. The molecule has 0 radical (unpaired) electrons. The molecule has 0 fully saturated rings. The van der Waals surface area contributed by atoms with Gasteiger partial charge >= 0.3 is 6.18 Å². The number of ketones is 1. The lowest BCUT2D eigenvalue weighted by molar-refractivity contribution is -0.137. The highest BCUT2D eigenvalue weighted by atomic mass is 19.4. The molecule has 4 rings (SSSR count). The molecule has 1 amide bonds. The number of anilines is 1. The molecule has 0 aliphatic heterocycles. The van der Waals surface area contributed by atoms with Crippen molar-refractivity contribution in [3.63, 3.8) is 0 Å². The number of aryl methyl sites for hydroxylation is 1. The minimum atomic E-state index is -4.41. The number of carbonyl (C=O) groups is 2. The largest absolute Gasteiger partial charge is 0.416 e. The van der Waals surface area contributed by atoms with E-state index in [-0.39, 0.29) is 24.3 Å². The SMILES string of the molecule is C=C.CCN(CC)CCN(Cc1ccc(-c2ccc(C(F)(F)F)cc2)cc1)C(=O)CN(c1ccccc1C(C)=O)C(C)CCc1cc(F)cc(F)c1. The van der Waals surface area contributed by atoms with Crippen molar-refractivity contribution < 1.29 is 31.5 Å². The molecule has 0 aromatic heterocycles. The summed E-state index contributed by atoms with van der Waals surface area (Å²) in [7, 11) is 0. The van der Waals surface area contributed by atoms with Crippen molar-refractivity contribution in [1.29, 1.82) is 0 Å².